The van der Waals surface area contributed by atoms with E-state index in [4.69, 9.17) is 9.47 Å². The van der Waals surface area contributed by atoms with E-state index in [9.17, 15) is 0 Å². The molecule has 2 fully saturated rings. The van der Waals surface area contributed by atoms with Crippen LogP contribution in [0.25, 0.3) is 0 Å². The molecule has 4 nitrogen and oxygen atoms in total. The maximum atomic E-state index is 5.78. The number of nitrogens with zero attached hydrogens (tertiary/aromatic N) is 1. The standard InChI is InChI=1S/C15H30N2O2/c1-3-14-11-17(7-10-19-14)13-15(12-16-4-2)5-8-18-9-6-15/h14,16H,3-13H2,1-2H3. The van der Waals surface area contributed by atoms with Gasteiger partial charge in [-0.2, -0.15) is 0 Å². The van der Waals surface area contributed by atoms with E-state index in [1.54, 1.807) is 0 Å². The second-order valence-electron chi connectivity index (χ2n) is 6.03. The molecule has 0 saturated carbocycles. The summed E-state index contributed by atoms with van der Waals surface area (Å²) in [4.78, 5) is 2.61. The fourth-order valence-corrected chi connectivity index (χ4v) is 3.23. The molecule has 0 amide bonds. The molecule has 0 aromatic rings. The predicted molar refractivity (Wildman–Crippen MR) is 77.5 cm³/mol. The van der Waals surface area contributed by atoms with Gasteiger partial charge in [-0.15, -0.1) is 0 Å². The molecule has 2 rings (SSSR count). The molecule has 0 aliphatic carbocycles. The first-order valence-corrected chi connectivity index (χ1v) is 7.90. The lowest BCUT2D eigenvalue weighted by atomic mass is 9.79. The Morgan fingerprint density at radius 3 is 2.68 bits per heavy atom. The predicted octanol–water partition coefficient (Wildman–Crippen LogP) is 1.50. The molecule has 0 aromatic carbocycles. The summed E-state index contributed by atoms with van der Waals surface area (Å²) in [6.07, 6.45) is 3.94. The van der Waals surface area contributed by atoms with Crippen LogP contribution in [0.5, 0.6) is 0 Å². The molecule has 2 aliphatic rings. The van der Waals surface area contributed by atoms with Crippen LogP contribution in [0.15, 0.2) is 0 Å². The van der Waals surface area contributed by atoms with Crippen molar-refractivity contribution in [2.45, 2.75) is 39.2 Å². The molecule has 2 aliphatic heterocycles. The Morgan fingerprint density at radius 1 is 1.21 bits per heavy atom. The van der Waals surface area contributed by atoms with E-state index in [1.165, 1.54) is 19.4 Å². The van der Waals surface area contributed by atoms with Gasteiger partial charge in [0.15, 0.2) is 0 Å². The minimum atomic E-state index is 0.407. The summed E-state index contributed by atoms with van der Waals surface area (Å²) in [7, 11) is 0. The van der Waals surface area contributed by atoms with Crippen LogP contribution in [0.2, 0.25) is 0 Å². The van der Waals surface area contributed by atoms with Gasteiger partial charge in [-0.25, -0.2) is 0 Å². The van der Waals surface area contributed by atoms with Crippen molar-refractivity contribution in [3.63, 3.8) is 0 Å². The summed E-state index contributed by atoms with van der Waals surface area (Å²) in [5, 5.41) is 3.56. The largest absolute Gasteiger partial charge is 0.381 e. The van der Waals surface area contributed by atoms with E-state index in [-0.39, 0.29) is 0 Å². The Hall–Kier alpha value is -0.160. The fraction of sp³-hybridized carbons (Fsp3) is 1.00. The highest BCUT2D eigenvalue weighted by atomic mass is 16.5. The molecule has 1 unspecified atom stereocenters. The van der Waals surface area contributed by atoms with E-state index in [2.05, 4.69) is 24.1 Å². The Kier molecular flexibility index (Phi) is 6.07. The molecule has 0 aromatic heterocycles. The lowest BCUT2D eigenvalue weighted by molar-refractivity contribution is -0.0599. The highest BCUT2D eigenvalue weighted by Gasteiger charge is 2.35. The quantitative estimate of drug-likeness (QED) is 0.793. The molecule has 1 atom stereocenters. The second-order valence-corrected chi connectivity index (χ2v) is 6.03. The fourth-order valence-electron chi connectivity index (χ4n) is 3.23. The first-order chi connectivity index (χ1) is 9.28. The molecule has 4 heteroatoms. The van der Waals surface area contributed by atoms with Crippen LogP contribution >= 0.6 is 0 Å². The molecule has 0 spiro atoms. The zero-order valence-corrected chi connectivity index (χ0v) is 12.6. The van der Waals surface area contributed by atoms with Crippen LogP contribution in [0.4, 0.5) is 0 Å². The van der Waals surface area contributed by atoms with E-state index in [0.717, 1.165) is 52.4 Å². The number of ether oxygens (including phenoxy) is 2. The van der Waals surface area contributed by atoms with Gasteiger partial charge in [-0.05, 0) is 31.2 Å². The van der Waals surface area contributed by atoms with Crippen molar-refractivity contribution < 1.29 is 9.47 Å². The van der Waals surface area contributed by atoms with Gasteiger partial charge in [0.25, 0.3) is 0 Å². The summed E-state index contributed by atoms with van der Waals surface area (Å²) in [5.41, 5.74) is 0.407. The van der Waals surface area contributed by atoms with Gasteiger partial charge >= 0.3 is 0 Å². The second kappa shape index (κ2) is 7.58. The molecule has 2 heterocycles. The van der Waals surface area contributed by atoms with Crippen molar-refractivity contribution >= 4 is 0 Å². The van der Waals surface area contributed by atoms with E-state index < -0.39 is 0 Å². The number of hydrogen-bond acceptors (Lipinski definition) is 4. The van der Waals surface area contributed by atoms with Crippen molar-refractivity contribution in [1.82, 2.24) is 10.2 Å². The number of morpholine rings is 1. The van der Waals surface area contributed by atoms with Gasteiger partial charge in [0.1, 0.15) is 0 Å². The van der Waals surface area contributed by atoms with E-state index in [1.807, 2.05) is 0 Å². The molecule has 2 saturated heterocycles. The number of hydrogen-bond donors (Lipinski definition) is 1. The van der Waals surface area contributed by atoms with Gasteiger partial charge in [0.2, 0.25) is 0 Å². The maximum absolute atomic E-state index is 5.78. The molecule has 1 N–H and O–H groups in total. The van der Waals surface area contributed by atoms with E-state index in [0.29, 0.717) is 11.5 Å². The average Bonchev–Trinajstić information content (AvgIpc) is 2.46. The lowest BCUT2D eigenvalue weighted by Crippen LogP contribution is -2.51. The summed E-state index contributed by atoms with van der Waals surface area (Å²) in [5.74, 6) is 0. The topological polar surface area (TPSA) is 33.7 Å². The molecule has 112 valence electrons. The van der Waals surface area contributed by atoms with Crippen LogP contribution < -0.4 is 5.32 Å². The van der Waals surface area contributed by atoms with Crippen LogP contribution in [0.3, 0.4) is 0 Å². The summed E-state index contributed by atoms with van der Waals surface area (Å²) in [6, 6.07) is 0. The molecule has 19 heavy (non-hydrogen) atoms. The van der Waals surface area contributed by atoms with Crippen molar-refractivity contribution in [2.24, 2.45) is 5.41 Å². The number of nitrogens with one attached hydrogen (secondary N) is 1. The minimum absolute atomic E-state index is 0.407. The maximum Gasteiger partial charge on any atom is 0.0700 e. The molecule has 0 radical (unpaired) electrons. The third-order valence-electron chi connectivity index (χ3n) is 4.54. The average molecular weight is 270 g/mol. The van der Waals surface area contributed by atoms with Crippen molar-refractivity contribution in [2.75, 3.05) is 52.5 Å². The van der Waals surface area contributed by atoms with Crippen LogP contribution in [0, 0.1) is 5.41 Å². The van der Waals surface area contributed by atoms with Gasteiger partial charge in [0.05, 0.1) is 12.7 Å². The Morgan fingerprint density at radius 2 is 2.00 bits per heavy atom. The lowest BCUT2D eigenvalue weighted by Gasteiger charge is -2.43. The Labute approximate surface area is 117 Å². The van der Waals surface area contributed by atoms with Crippen molar-refractivity contribution in [1.29, 1.82) is 0 Å². The smallest absolute Gasteiger partial charge is 0.0700 e. The van der Waals surface area contributed by atoms with Crippen LogP contribution in [-0.2, 0) is 9.47 Å². The van der Waals surface area contributed by atoms with E-state index >= 15 is 0 Å². The van der Waals surface area contributed by atoms with Gasteiger partial charge < -0.3 is 14.8 Å². The monoisotopic (exact) mass is 270 g/mol. The normalized spacial score (nSPS) is 28.4. The van der Waals surface area contributed by atoms with Crippen LogP contribution in [-0.4, -0.2) is 63.5 Å². The van der Waals surface area contributed by atoms with Crippen molar-refractivity contribution in [3.05, 3.63) is 0 Å². The SMILES string of the molecule is CCNCC1(CN2CCOC(CC)C2)CCOCC1. The third kappa shape index (κ3) is 4.42. The zero-order valence-electron chi connectivity index (χ0n) is 12.6. The minimum Gasteiger partial charge on any atom is -0.381 e. The van der Waals surface area contributed by atoms with Crippen LogP contribution in [0.1, 0.15) is 33.1 Å². The first-order valence-electron chi connectivity index (χ1n) is 7.90. The Balaban J connectivity index is 1.90. The molecular weight excluding hydrogens is 240 g/mol. The first kappa shape index (κ1) is 15.2. The molecular formula is C15H30N2O2. The van der Waals surface area contributed by atoms with Gasteiger partial charge in [-0.1, -0.05) is 13.8 Å². The van der Waals surface area contributed by atoms with Gasteiger partial charge in [-0.3, -0.25) is 4.90 Å². The molecule has 0 bridgehead atoms. The number of rotatable bonds is 6. The summed E-state index contributed by atoms with van der Waals surface area (Å²) in [6.45, 7) is 12.7. The van der Waals surface area contributed by atoms with Gasteiger partial charge in [0, 0.05) is 39.4 Å². The highest BCUT2D eigenvalue weighted by Crippen LogP contribution is 2.31. The van der Waals surface area contributed by atoms with Crippen molar-refractivity contribution in [3.8, 4) is 0 Å². The highest BCUT2D eigenvalue weighted by molar-refractivity contribution is 4.88. The Bertz CT molecular complexity index is 255. The summed E-state index contributed by atoms with van der Waals surface area (Å²) >= 11 is 0. The third-order valence-corrected chi connectivity index (χ3v) is 4.54. The zero-order chi connectivity index (χ0) is 13.6. The summed E-state index contributed by atoms with van der Waals surface area (Å²) < 4.78 is 11.3.